The van der Waals surface area contributed by atoms with Crippen LogP contribution in [0.15, 0.2) is 24.3 Å². The number of methoxy groups -OCH3 is 1. The minimum atomic E-state index is -0.565. The molecule has 4 nitrogen and oxygen atoms in total. The first-order valence-electron chi connectivity index (χ1n) is 6.06. The second-order valence-corrected chi connectivity index (χ2v) is 4.50. The lowest BCUT2D eigenvalue weighted by Crippen LogP contribution is -2.49. The van der Waals surface area contributed by atoms with Crippen LogP contribution in [0.1, 0.15) is 13.8 Å². The zero-order chi connectivity index (χ0) is 13.6. The molecule has 0 bridgehead atoms. The van der Waals surface area contributed by atoms with E-state index in [4.69, 9.17) is 4.74 Å². The van der Waals surface area contributed by atoms with Gasteiger partial charge in [0.15, 0.2) is 0 Å². The fourth-order valence-electron chi connectivity index (χ4n) is 2.03. The molecule has 0 fully saturated rings. The lowest BCUT2D eigenvalue weighted by molar-refractivity contribution is 0.411. The molecule has 1 aromatic rings. The average Bonchev–Trinajstić information content (AvgIpc) is 2.38. The van der Waals surface area contributed by atoms with Crippen LogP contribution in [0.4, 0.5) is 5.69 Å². The third-order valence-corrected chi connectivity index (χ3v) is 2.86. The second-order valence-electron chi connectivity index (χ2n) is 4.50. The Morgan fingerprint density at radius 3 is 2.67 bits per heavy atom. The van der Waals surface area contributed by atoms with Gasteiger partial charge in [0.2, 0.25) is 0 Å². The van der Waals surface area contributed by atoms with Crippen LogP contribution in [0.3, 0.4) is 0 Å². The van der Waals surface area contributed by atoms with Gasteiger partial charge in [0.25, 0.3) is 0 Å². The summed E-state index contributed by atoms with van der Waals surface area (Å²) in [5.41, 5.74) is 0.420. The van der Waals surface area contributed by atoms with E-state index in [1.807, 2.05) is 50.1 Å². The van der Waals surface area contributed by atoms with Crippen molar-refractivity contribution in [1.29, 1.82) is 5.26 Å². The Balaban J connectivity index is 2.88. The Kier molecular flexibility index (Phi) is 4.99. The van der Waals surface area contributed by atoms with E-state index in [1.165, 1.54) is 0 Å². The molecule has 98 valence electrons. The van der Waals surface area contributed by atoms with Gasteiger partial charge in [-0.15, -0.1) is 0 Å². The standard InChI is InChI=1S/C14H21N3O/c1-5-16-14(2,10-15)11-17(3)12-8-6-7-9-13(12)18-4/h6-9,16H,5,11H2,1-4H3. The van der Waals surface area contributed by atoms with Crippen molar-refractivity contribution < 1.29 is 4.74 Å². The highest BCUT2D eigenvalue weighted by atomic mass is 16.5. The number of ether oxygens (including phenoxy) is 1. The number of anilines is 1. The maximum atomic E-state index is 9.27. The van der Waals surface area contributed by atoms with E-state index in [9.17, 15) is 5.26 Å². The van der Waals surface area contributed by atoms with E-state index in [0.717, 1.165) is 18.0 Å². The number of nitrogens with zero attached hydrogens (tertiary/aromatic N) is 2. The molecule has 4 heteroatoms. The van der Waals surface area contributed by atoms with E-state index in [0.29, 0.717) is 6.54 Å². The zero-order valence-electron chi connectivity index (χ0n) is 11.5. The second kappa shape index (κ2) is 6.27. The fourth-order valence-corrected chi connectivity index (χ4v) is 2.03. The van der Waals surface area contributed by atoms with E-state index in [2.05, 4.69) is 11.4 Å². The van der Waals surface area contributed by atoms with E-state index in [1.54, 1.807) is 7.11 Å². The summed E-state index contributed by atoms with van der Waals surface area (Å²) in [6.07, 6.45) is 0. The van der Waals surface area contributed by atoms with Crippen LogP contribution in [0, 0.1) is 11.3 Å². The molecule has 0 aliphatic carbocycles. The summed E-state index contributed by atoms with van der Waals surface area (Å²) < 4.78 is 5.33. The molecule has 1 aromatic carbocycles. The lowest BCUT2D eigenvalue weighted by atomic mass is 10.0. The molecular weight excluding hydrogens is 226 g/mol. The normalized spacial score (nSPS) is 13.5. The van der Waals surface area contributed by atoms with Crippen molar-refractivity contribution in [3.8, 4) is 11.8 Å². The van der Waals surface area contributed by atoms with Crippen LogP contribution < -0.4 is 15.0 Å². The number of para-hydroxylation sites is 2. The number of rotatable bonds is 6. The van der Waals surface area contributed by atoms with Gasteiger partial charge in [-0.2, -0.15) is 5.26 Å². The van der Waals surface area contributed by atoms with Crippen LogP contribution in [-0.4, -0.2) is 32.8 Å². The van der Waals surface area contributed by atoms with Crippen LogP contribution in [0.25, 0.3) is 0 Å². The topological polar surface area (TPSA) is 48.3 Å². The molecule has 0 saturated heterocycles. The first-order chi connectivity index (χ1) is 8.56. The SMILES string of the molecule is CCNC(C)(C#N)CN(C)c1ccccc1OC. The Morgan fingerprint density at radius 2 is 2.11 bits per heavy atom. The van der Waals surface area contributed by atoms with E-state index < -0.39 is 5.54 Å². The molecule has 0 aliphatic heterocycles. The van der Waals surface area contributed by atoms with Crippen molar-refractivity contribution in [2.24, 2.45) is 0 Å². The van der Waals surface area contributed by atoms with Crippen molar-refractivity contribution in [2.45, 2.75) is 19.4 Å². The number of nitrogens with one attached hydrogen (secondary N) is 1. The molecule has 0 aromatic heterocycles. The highest BCUT2D eigenvalue weighted by Gasteiger charge is 2.25. The van der Waals surface area contributed by atoms with E-state index in [-0.39, 0.29) is 0 Å². The predicted molar refractivity (Wildman–Crippen MR) is 74.0 cm³/mol. The summed E-state index contributed by atoms with van der Waals surface area (Å²) >= 11 is 0. The minimum Gasteiger partial charge on any atom is -0.495 e. The van der Waals surface area contributed by atoms with Crippen LogP contribution in [0.5, 0.6) is 5.75 Å². The van der Waals surface area contributed by atoms with Gasteiger partial charge < -0.3 is 9.64 Å². The largest absolute Gasteiger partial charge is 0.495 e. The summed E-state index contributed by atoms with van der Waals surface area (Å²) in [7, 11) is 3.62. The molecule has 1 N–H and O–H groups in total. The fraction of sp³-hybridized carbons (Fsp3) is 0.500. The Hall–Kier alpha value is -1.73. The van der Waals surface area contributed by atoms with Gasteiger partial charge in [0.1, 0.15) is 11.3 Å². The Bertz CT molecular complexity index is 427. The molecule has 18 heavy (non-hydrogen) atoms. The van der Waals surface area contributed by atoms with Gasteiger partial charge in [-0.05, 0) is 25.6 Å². The maximum absolute atomic E-state index is 9.27. The predicted octanol–water partition coefficient (Wildman–Crippen LogP) is 2.02. The lowest BCUT2D eigenvalue weighted by Gasteiger charge is -2.30. The van der Waals surface area contributed by atoms with Crippen LogP contribution in [0.2, 0.25) is 0 Å². The molecule has 0 heterocycles. The number of hydrogen-bond donors (Lipinski definition) is 1. The monoisotopic (exact) mass is 247 g/mol. The first kappa shape index (κ1) is 14.3. The highest BCUT2D eigenvalue weighted by molar-refractivity contribution is 5.58. The molecular formula is C14H21N3O. The summed E-state index contributed by atoms with van der Waals surface area (Å²) in [6.45, 7) is 5.27. The number of likely N-dealkylation sites (N-methyl/N-ethyl adjacent to an activating group) is 2. The third kappa shape index (κ3) is 3.38. The molecule has 1 unspecified atom stereocenters. The van der Waals surface area contributed by atoms with E-state index >= 15 is 0 Å². The van der Waals surface area contributed by atoms with Crippen molar-refractivity contribution in [2.75, 3.05) is 32.1 Å². The number of benzene rings is 1. The summed E-state index contributed by atoms with van der Waals surface area (Å²) in [4.78, 5) is 2.03. The summed E-state index contributed by atoms with van der Waals surface area (Å²) in [5.74, 6) is 0.816. The molecule has 1 rings (SSSR count). The van der Waals surface area contributed by atoms with Crippen molar-refractivity contribution >= 4 is 5.69 Å². The van der Waals surface area contributed by atoms with Gasteiger partial charge in [0.05, 0.1) is 18.9 Å². The molecule has 0 amide bonds. The maximum Gasteiger partial charge on any atom is 0.142 e. The number of nitriles is 1. The Morgan fingerprint density at radius 1 is 1.44 bits per heavy atom. The number of hydrogen-bond acceptors (Lipinski definition) is 4. The third-order valence-electron chi connectivity index (χ3n) is 2.86. The van der Waals surface area contributed by atoms with Gasteiger partial charge in [-0.1, -0.05) is 19.1 Å². The molecule has 0 aliphatic rings. The first-order valence-corrected chi connectivity index (χ1v) is 6.06. The molecule has 0 radical (unpaired) electrons. The Labute approximate surface area is 109 Å². The quantitative estimate of drug-likeness (QED) is 0.835. The molecule has 0 spiro atoms. The summed E-state index contributed by atoms with van der Waals surface area (Å²) in [6, 6.07) is 10.1. The zero-order valence-corrected chi connectivity index (χ0v) is 11.5. The van der Waals surface area contributed by atoms with Crippen molar-refractivity contribution in [1.82, 2.24) is 5.32 Å². The van der Waals surface area contributed by atoms with Crippen molar-refractivity contribution in [3.05, 3.63) is 24.3 Å². The average molecular weight is 247 g/mol. The van der Waals surface area contributed by atoms with Gasteiger partial charge in [-0.3, -0.25) is 5.32 Å². The van der Waals surface area contributed by atoms with Crippen LogP contribution in [-0.2, 0) is 0 Å². The van der Waals surface area contributed by atoms with Gasteiger partial charge in [-0.25, -0.2) is 0 Å². The van der Waals surface area contributed by atoms with Crippen LogP contribution >= 0.6 is 0 Å². The molecule has 1 atom stereocenters. The highest BCUT2D eigenvalue weighted by Crippen LogP contribution is 2.27. The van der Waals surface area contributed by atoms with Crippen molar-refractivity contribution in [3.63, 3.8) is 0 Å². The minimum absolute atomic E-state index is 0.565. The van der Waals surface area contributed by atoms with Gasteiger partial charge >= 0.3 is 0 Å². The summed E-state index contributed by atoms with van der Waals surface area (Å²) in [5, 5.41) is 12.5. The van der Waals surface area contributed by atoms with Gasteiger partial charge in [0, 0.05) is 13.6 Å². The smallest absolute Gasteiger partial charge is 0.142 e. The molecule has 0 saturated carbocycles.